The van der Waals surface area contributed by atoms with Gasteiger partial charge in [-0.25, -0.2) is 4.98 Å². The van der Waals surface area contributed by atoms with Crippen LogP contribution in [0.2, 0.25) is 0 Å². The molecule has 0 saturated carbocycles. The van der Waals surface area contributed by atoms with E-state index in [-0.39, 0.29) is 22.0 Å². The Balaban J connectivity index is 1.61. The average Bonchev–Trinajstić information content (AvgIpc) is 3.16. The molecule has 2 aliphatic heterocycles. The number of alkyl halides is 1. The van der Waals surface area contributed by atoms with Gasteiger partial charge in [0.2, 0.25) is 5.95 Å². The van der Waals surface area contributed by atoms with Crippen molar-refractivity contribution in [3.63, 3.8) is 0 Å². The van der Waals surface area contributed by atoms with Crippen LogP contribution in [0.4, 0.5) is 5.95 Å². The number of thioether (sulfide) groups is 1. The maximum absolute atomic E-state index is 12.9. The number of allylic oxidation sites excluding steroid dienone is 2. The summed E-state index contributed by atoms with van der Waals surface area (Å²) in [6, 6.07) is 5.20. The third kappa shape index (κ3) is 3.86. The number of hydrogen-bond acceptors (Lipinski definition) is 6. The van der Waals surface area contributed by atoms with Crippen LogP contribution in [-0.4, -0.2) is 38.1 Å². The van der Waals surface area contributed by atoms with Gasteiger partial charge in [-0.2, -0.15) is 0 Å². The number of ketones is 1. The largest absolute Gasteiger partial charge is 0.341 e. The van der Waals surface area contributed by atoms with Gasteiger partial charge >= 0.3 is 0 Å². The SMILES string of the molecule is Cn1c(N2CCCC(C(=O)C3=CCC(Cl)S3)C2)nc(-c2ccncc2)cc1=O. The molecule has 0 bridgehead atoms. The van der Waals surface area contributed by atoms with Gasteiger partial charge in [-0.15, -0.1) is 23.4 Å². The van der Waals surface area contributed by atoms with Crippen LogP contribution < -0.4 is 10.5 Å². The molecule has 146 valence electrons. The predicted molar refractivity (Wildman–Crippen MR) is 113 cm³/mol. The fourth-order valence-corrected chi connectivity index (χ4v) is 4.97. The zero-order valence-corrected chi connectivity index (χ0v) is 17.1. The van der Waals surface area contributed by atoms with Gasteiger partial charge in [0.05, 0.1) is 10.4 Å². The monoisotopic (exact) mass is 416 g/mol. The summed E-state index contributed by atoms with van der Waals surface area (Å²) < 4.78 is 1.51. The number of pyridine rings is 1. The molecule has 0 aliphatic carbocycles. The van der Waals surface area contributed by atoms with Crippen LogP contribution >= 0.6 is 23.4 Å². The minimum atomic E-state index is -0.121. The molecule has 4 rings (SSSR count). The van der Waals surface area contributed by atoms with Crippen molar-refractivity contribution in [3.8, 4) is 11.3 Å². The molecule has 0 spiro atoms. The van der Waals surface area contributed by atoms with Crippen LogP contribution in [0, 0.1) is 5.92 Å². The first-order chi connectivity index (χ1) is 13.5. The zero-order valence-electron chi connectivity index (χ0n) is 15.5. The highest BCUT2D eigenvalue weighted by atomic mass is 35.5. The smallest absolute Gasteiger partial charge is 0.255 e. The third-order valence-electron chi connectivity index (χ3n) is 5.15. The number of piperidine rings is 1. The van der Waals surface area contributed by atoms with Crippen molar-refractivity contribution in [1.29, 1.82) is 0 Å². The lowest BCUT2D eigenvalue weighted by molar-refractivity contribution is -0.118. The van der Waals surface area contributed by atoms with E-state index in [9.17, 15) is 9.59 Å². The van der Waals surface area contributed by atoms with Gasteiger partial charge in [0, 0.05) is 55.0 Å². The molecule has 2 unspecified atom stereocenters. The Hall–Kier alpha value is -2.12. The Bertz CT molecular complexity index is 976. The number of hydrogen-bond donors (Lipinski definition) is 0. The van der Waals surface area contributed by atoms with E-state index < -0.39 is 0 Å². The van der Waals surface area contributed by atoms with E-state index >= 15 is 0 Å². The molecule has 4 heterocycles. The van der Waals surface area contributed by atoms with Gasteiger partial charge in [-0.05, 0) is 31.4 Å². The average molecular weight is 417 g/mol. The highest BCUT2D eigenvalue weighted by Crippen LogP contribution is 2.38. The van der Waals surface area contributed by atoms with Crippen LogP contribution in [0.25, 0.3) is 11.3 Å². The molecule has 2 aromatic rings. The van der Waals surface area contributed by atoms with Crippen LogP contribution in [0.3, 0.4) is 0 Å². The van der Waals surface area contributed by atoms with Gasteiger partial charge in [0.1, 0.15) is 0 Å². The number of nitrogens with zero attached hydrogens (tertiary/aromatic N) is 4. The molecule has 2 atom stereocenters. The Morgan fingerprint density at radius 1 is 1.32 bits per heavy atom. The summed E-state index contributed by atoms with van der Waals surface area (Å²) in [7, 11) is 1.72. The molecular weight excluding hydrogens is 396 g/mol. The Morgan fingerprint density at radius 3 is 2.82 bits per heavy atom. The second-order valence-electron chi connectivity index (χ2n) is 7.06. The van der Waals surface area contributed by atoms with Gasteiger partial charge < -0.3 is 4.90 Å². The van der Waals surface area contributed by atoms with E-state index in [2.05, 4.69) is 9.88 Å². The van der Waals surface area contributed by atoms with E-state index in [1.54, 1.807) is 24.0 Å². The topological polar surface area (TPSA) is 68.1 Å². The van der Waals surface area contributed by atoms with E-state index in [0.717, 1.165) is 36.3 Å². The molecular formula is C20H21ClN4O2S. The number of Topliss-reactive ketones (excluding diaryl/α,β-unsaturated/α-hetero) is 1. The van der Waals surface area contributed by atoms with Gasteiger partial charge in [-0.3, -0.25) is 19.1 Å². The lowest BCUT2D eigenvalue weighted by Gasteiger charge is -2.33. The van der Waals surface area contributed by atoms with Crippen molar-refractivity contribution in [3.05, 3.63) is 51.9 Å². The lowest BCUT2D eigenvalue weighted by Crippen LogP contribution is -2.42. The second-order valence-corrected chi connectivity index (χ2v) is 9.09. The maximum Gasteiger partial charge on any atom is 0.255 e. The molecule has 0 amide bonds. The van der Waals surface area contributed by atoms with Crippen molar-refractivity contribution in [1.82, 2.24) is 14.5 Å². The van der Waals surface area contributed by atoms with Crippen LogP contribution in [-0.2, 0) is 11.8 Å². The molecule has 1 saturated heterocycles. The first-order valence-corrected chi connectivity index (χ1v) is 10.6. The number of rotatable bonds is 4. The fourth-order valence-electron chi connectivity index (χ4n) is 3.65. The van der Waals surface area contributed by atoms with E-state index in [1.807, 2.05) is 18.2 Å². The van der Waals surface area contributed by atoms with Crippen molar-refractivity contribution in [2.45, 2.75) is 24.0 Å². The van der Waals surface area contributed by atoms with Gasteiger partial charge in [0.15, 0.2) is 5.78 Å². The standard InChI is InChI=1S/C20H21ClN4O2S/c1-24-18(26)11-15(13-6-8-22-9-7-13)23-20(24)25-10-2-3-14(12-25)19(27)16-4-5-17(21)28-16/h4,6-9,11,14,17H,2-3,5,10,12H2,1H3. The van der Waals surface area contributed by atoms with E-state index in [4.69, 9.17) is 16.6 Å². The maximum atomic E-state index is 12.9. The highest BCUT2D eigenvalue weighted by molar-refractivity contribution is 8.05. The Morgan fingerprint density at radius 2 is 2.11 bits per heavy atom. The van der Waals surface area contributed by atoms with Crippen LogP contribution in [0.5, 0.6) is 0 Å². The number of anilines is 1. The number of carbonyl (C=O) groups is 1. The van der Waals surface area contributed by atoms with Crippen LogP contribution in [0.1, 0.15) is 19.3 Å². The number of carbonyl (C=O) groups excluding carboxylic acids is 1. The number of halogens is 1. The van der Waals surface area contributed by atoms with Crippen molar-refractivity contribution >= 4 is 35.1 Å². The molecule has 0 radical (unpaired) electrons. The van der Waals surface area contributed by atoms with E-state index in [0.29, 0.717) is 18.2 Å². The van der Waals surface area contributed by atoms with Crippen molar-refractivity contribution in [2.24, 2.45) is 13.0 Å². The predicted octanol–water partition coefficient (Wildman–Crippen LogP) is 3.21. The molecule has 6 nitrogen and oxygen atoms in total. The summed E-state index contributed by atoms with van der Waals surface area (Å²) in [6.07, 6.45) is 7.77. The fraction of sp³-hybridized carbons (Fsp3) is 0.400. The third-order valence-corrected chi connectivity index (χ3v) is 6.66. The molecule has 0 N–H and O–H groups in total. The molecule has 2 aromatic heterocycles. The first-order valence-electron chi connectivity index (χ1n) is 9.31. The summed E-state index contributed by atoms with van der Waals surface area (Å²) in [5.41, 5.74) is 1.34. The minimum absolute atomic E-state index is 0.0434. The highest BCUT2D eigenvalue weighted by Gasteiger charge is 2.32. The number of aromatic nitrogens is 3. The molecule has 1 fully saturated rings. The summed E-state index contributed by atoms with van der Waals surface area (Å²) in [5.74, 6) is 0.657. The van der Waals surface area contributed by atoms with Gasteiger partial charge in [-0.1, -0.05) is 6.08 Å². The normalized spacial score (nSPS) is 22.2. The van der Waals surface area contributed by atoms with Crippen molar-refractivity contribution in [2.75, 3.05) is 18.0 Å². The quantitative estimate of drug-likeness (QED) is 0.713. The molecule has 2 aliphatic rings. The molecule has 28 heavy (non-hydrogen) atoms. The van der Waals surface area contributed by atoms with Gasteiger partial charge in [0.25, 0.3) is 5.56 Å². The zero-order chi connectivity index (χ0) is 19.7. The first kappa shape index (κ1) is 19.2. The summed E-state index contributed by atoms with van der Waals surface area (Å²) in [5, 5.41) is 0. The molecule has 8 heteroatoms. The molecule has 0 aromatic carbocycles. The Kier molecular flexibility index (Phi) is 5.55. The van der Waals surface area contributed by atoms with Crippen molar-refractivity contribution < 1.29 is 4.79 Å². The minimum Gasteiger partial charge on any atom is -0.341 e. The second kappa shape index (κ2) is 8.09. The summed E-state index contributed by atoms with van der Waals surface area (Å²) in [4.78, 5) is 37.0. The Labute approximate surface area is 172 Å². The van der Waals surface area contributed by atoms with E-state index in [1.165, 1.54) is 17.8 Å². The van der Waals surface area contributed by atoms with Crippen LogP contribution in [0.15, 0.2) is 46.4 Å². The summed E-state index contributed by atoms with van der Waals surface area (Å²) in [6.45, 7) is 1.33. The lowest BCUT2D eigenvalue weighted by atomic mass is 9.93. The summed E-state index contributed by atoms with van der Waals surface area (Å²) >= 11 is 7.58.